The first kappa shape index (κ1) is 34.9. The molecule has 1 fully saturated rings. The van der Waals surface area contributed by atoms with Gasteiger partial charge in [0.1, 0.15) is 0 Å². The Kier molecular flexibility index (Phi) is 12.8. The van der Waals surface area contributed by atoms with Crippen molar-refractivity contribution in [1.82, 2.24) is 20.7 Å². The number of hydrogen-bond acceptors (Lipinski definition) is 8. The molecular formula is C38H44N4O6. The fourth-order valence-electron chi connectivity index (χ4n) is 5.85. The maximum absolute atomic E-state index is 12.4. The normalized spacial score (nSPS) is 17.6. The third-order valence-corrected chi connectivity index (χ3v) is 8.53. The lowest BCUT2D eigenvalue weighted by Crippen LogP contribution is -2.38. The molecule has 0 bridgehead atoms. The van der Waals surface area contributed by atoms with Gasteiger partial charge in [-0.2, -0.15) is 0 Å². The Bertz CT molecular complexity index is 1600. The van der Waals surface area contributed by atoms with Crippen molar-refractivity contribution >= 4 is 11.8 Å². The van der Waals surface area contributed by atoms with E-state index in [1.807, 2.05) is 97.2 Å². The van der Waals surface area contributed by atoms with Crippen molar-refractivity contribution in [2.75, 3.05) is 20.1 Å². The number of ether oxygens (including phenoxy) is 2. The van der Waals surface area contributed by atoms with Crippen molar-refractivity contribution in [3.63, 3.8) is 0 Å². The predicted molar refractivity (Wildman–Crippen MR) is 181 cm³/mol. The van der Waals surface area contributed by atoms with Gasteiger partial charge in [-0.1, -0.05) is 78.9 Å². The van der Waals surface area contributed by atoms with Crippen LogP contribution in [-0.4, -0.2) is 58.3 Å². The monoisotopic (exact) mass is 652 g/mol. The summed E-state index contributed by atoms with van der Waals surface area (Å²) in [5.74, 6) is -0.665. The second-order valence-corrected chi connectivity index (χ2v) is 12.1. The van der Waals surface area contributed by atoms with Gasteiger partial charge in [0, 0.05) is 62.8 Å². The largest absolute Gasteiger partial charge is 0.392 e. The first-order chi connectivity index (χ1) is 23.4. The average molecular weight is 653 g/mol. The van der Waals surface area contributed by atoms with E-state index in [2.05, 4.69) is 22.2 Å². The number of benzene rings is 3. The van der Waals surface area contributed by atoms with Crippen LogP contribution in [0, 0.1) is 0 Å². The third-order valence-electron chi connectivity index (χ3n) is 8.53. The van der Waals surface area contributed by atoms with E-state index in [0.717, 1.165) is 58.6 Å². The Morgan fingerprint density at radius 1 is 0.896 bits per heavy atom. The Morgan fingerprint density at radius 3 is 2.35 bits per heavy atom. The smallest absolute Gasteiger partial charge is 0.243 e. The van der Waals surface area contributed by atoms with E-state index >= 15 is 0 Å². The highest BCUT2D eigenvalue weighted by molar-refractivity contribution is 5.78. The number of carbonyl (C=O) groups is 2. The van der Waals surface area contributed by atoms with Crippen LogP contribution in [0.2, 0.25) is 0 Å². The molecule has 4 N–H and O–H groups in total. The molecule has 0 aliphatic carbocycles. The number of nitrogens with one attached hydrogen (secondary N) is 2. The first-order valence-corrected chi connectivity index (χ1v) is 16.4. The second-order valence-electron chi connectivity index (χ2n) is 12.1. The number of pyridine rings is 1. The summed E-state index contributed by atoms with van der Waals surface area (Å²) in [6, 6.07) is 30.0. The summed E-state index contributed by atoms with van der Waals surface area (Å²) in [6.45, 7) is 1.94. The molecule has 48 heavy (non-hydrogen) atoms. The summed E-state index contributed by atoms with van der Waals surface area (Å²) >= 11 is 0. The number of likely N-dealkylation sites (N-methyl/N-ethyl adjacent to an activating group) is 1. The van der Waals surface area contributed by atoms with Crippen LogP contribution in [0.1, 0.15) is 66.0 Å². The SMILES string of the molecule is CN(CCc1ccccn1)C[C@@H]1C[C@H](c2ccc(CO)cc2)O[C@H](c2ccc(-c3ccccc3CNC(=O)CCCC(=O)NO)cc2)O1. The molecule has 2 amide bonds. The number of aliphatic hydroxyl groups is 1. The number of rotatable bonds is 15. The summed E-state index contributed by atoms with van der Waals surface area (Å²) < 4.78 is 13.1. The van der Waals surface area contributed by atoms with E-state index in [9.17, 15) is 14.7 Å². The van der Waals surface area contributed by atoms with E-state index in [1.54, 1.807) is 5.48 Å². The number of hydrogen-bond donors (Lipinski definition) is 4. The van der Waals surface area contributed by atoms with Gasteiger partial charge >= 0.3 is 0 Å². The standard InChI is InChI=1S/C38H44N4O6/c1-42(22-20-32-8-4-5-21-39-32)25-33-23-35(29-14-12-27(26-43)13-15-29)48-38(47-33)30-18-16-28(17-19-30)34-9-3-2-7-31(34)24-40-36(44)10-6-11-37(45)41-46/h2-5,7-9,12-19,21,33,35,38,43,46H,6,10-11,20,22-26H2,1H3,(H,40,44)(H,41,45)/t33-,35+,38+/m0/s1. The molecule has 0 saturated carbocycles. The van der Waals surface area contributed by atoms with Crippen LogP contribution in [-0.2, 0) is 38.6 Å². The van der Waals surface area contributed by atoms with Crippen LogP contribution in [0.3, 0.4) is 0 Å². The molecule has 0 radical (unpaired) electrons. The van der Waals surface area contributed by atoms with Gasteiger partial charge in [0.2, 0.25) is 11.8 Å². The molecule has 10 heteroatoms. The Hall–Kier alpha value is -4.45. The number of nitrogens with zero attached hydrogens (tertiary/aromatic N) is 2. The van der Waals surface area contributed by atoms with Crippen LogP contribution < -0.4 is 10.8 Å². The molecule has 252 valence electrons. The molecule has 3 aromatic carbocycles. The lowest BCUT2D eigenvalue weighted by Gasteiger charge is -2.38. The summed E-state index contributed by atoms with van der Waals surface area (Å²) in [7, 11) is 2.10. The maximum atomic E-state index is 12.4. The fraction of sp³-hybridized carbons (Fsp3) is 0.342. The summed E-state index contributed by atoms with van der Waals surface area (Å²) in [5.41, 5.74) is 8.43. The average Bonchev–Trinajstić information content (AvgIpc) is 3.13. The molecule has 5 rings (SSSR count). The van der Waals surface area contributed by atoms with Crippen molar-refractivity contribution in [1.29, 1.82) is 0 Å². The number of carbonyl (C=O) groups excluding carboxylic acids is 2. The van der Waals surface area contributed by atoms with E-state index in [-0.39, 0.29) is 37.6 Å². The van der Waals surface area contributed by atoms with E-state index in [0.29, 0.717) is 19.4 Å². The molecule has 0 unspecified atom stereocenters. The van der Waals surface area contributed by atoms with Gasteiger partial charge in [0.25, 0.3) is 0 Å². The Morgan fingerprint density at radius 2 is 1.62 bits per heavy atom. The van der Waals surface area contributed by atoms with Gasteiger partial charge < -0.3 is 24.8 Å². The van der Waals surface area contributed by atoms with Gasteiger partial charge in [-0.25, -0.2) is 5.48 Å². The Labute approximate surface area is 281 Å². The number of amides is 2. The van der Waals surface area contributed by atoms with Crippen LogP contribution in [0.15, 0.2) is 97.2 Å². The fourth-order valence-corrected chi connectivity index (χ4v) is 5.85. The van der Waals surface area contributed by atoms with Gasteiger partial charge in [-0.3, -0.25) is 19.8 Å². The highest BCUT2D eigenvalue weighted by Crippen LogP contribution is 2.38. The Balaban J connectivity index is 1.26. The first-order valence-electron chi connectivity index (χ1n) is 16.4. The molecular weight excluding hydrogens is 608 g/mol. The van der Waals surface area contributed by atoms with Crippen molar-refractivity contribution in [3.8, 4) is 11.1 Å². The summed E-state index contributed by atoms with van der Waals surface area (Å²) in [5, 5.41) is 21.1. The minimum absolute atomic E-state index is 0.00537. The van der Waals surface area contributed by atoms with Gasteiger partial charge in [0.15, 0.2) is 6.29 Å². The topological polar surface area (TPSA) is 133 Å². The van der Waals surface area contributed by atoms with Crippen molar-refractivity contribution in [2.24, 2.45) is 0 Å². The molecule has 3 atom stereocenters. The van der Waals surface area contributed by atoms with E-state index in [1.165, 1.54) is 0 Å². The van der Waals surface area contributed by atoms with Crippen molar-refractivity contribution in [2.45, 2.75) is 63.8 Å². The lowest BCUT2D eigenvalue weighted by molar-refractivity contribution is -0.252. The third kappa shape index (κ3) is 10.0. The molecule has 1 aromatic heterocycles. The highest BCUT2D eigenvalue weighted by Gasteiger charge is 2.32. The van der Waals surface area contributed by atoms with Crippen LogP contribution in [0.5, 0.6) is 0 Å². The zero-order chi connectivity index (χ0) is 33.7. The van der Waals surface area contributed by atoms with Crippen LogP contribution in [0.4, 0.5) is 0 Å². The molecule has 1 aliphatic heterocycles. The molecule has 1 saturated heterocycles. The highest BCUT2D eigenvalue weighted by atomic mass is 16.7. The lowest BCUT2D eigenvalue weighted by atomic mass is 9.97. The maximum Gasteiger partial charge on any atom is 0.243 e. The molecule has 10 nitrogen and oxygen atoms in total. The minimum atomic E-state index is -0.563. The van der Waals surface area contributed by atoms with Gasteiger partial charge in [-0.15, -0.1) is 0 Å². The number of aliphatic hydroxyl groups excluding tert-OH is 1. The van der Waals surface area contributed by atoms with Gasteiger partial charge in [0.05, 0.1) is 18.8 Å². The summed E-state index contributed by atoms with van der Waals surface area (Å²) in [6.07, 6.45) is 3.20. The van der Waals surface area contributed by atoms with E-state index < -0.39 is 12.2 Å². The second kappa shape index (κ2) is 17.6. The summed E-state index contributed by atoms with van der Waals surface area (Å²) in [4.78, 5) is 30.3. The zero-order valence-electron chi connectivity index (χ0n) is 27.3. The minimum Gasteiger partial charge on any atom is -0.392 e. The molecule has 1 aliphatic rings. The molecule has 2 heterocycles. The zero-order valence-corrected chi connectivity index (χ0v) is 27.3. The predicted octanol–water partition coefficient (Wildman–Crippen LogP) is 5.25. The molecule has 0 spiro atoms. The number of aromatic nitrogens is 1. The molecule has 4 aromatic rings. The van der Waals surface area contributed by atoms with Crippen molar-refractivity contribution < 1.29 is 29.4 Å². The van der Waals surface area contributed by atoms with Crippen LogP contribution >= 0.6 is 0 Å². The van der Waals surface area contributed by atoms with Crippen molar-refractivity contribution in [3.05, 3.63) is 125 Å². The van der Waals surface area contributed by atoms with Crippen LogP contribution in [0.25, 0.3) is 11.1 Å². The number of hydroxylamine groups is 1. The van der Waals surface area contributed by atoms with E-state index in [4.69, 9.17) is 14.7 Å². The van der Waals surface area contributed by atoms with Gasteiger partial charge in [-0.05, 0) is 53.4 Å². The quantitative estimate of drug-likeness (QED) is 0.101.